The van der Waals surface area contributed by atoms with Crippen molar-refractivity contribution >= 4 is 18.2 Å². The van der Waals surface area contributed by atoms with Crippen LogP contribution in [-0.2, 0) is 14.4 Å². The highest BCUT2D eigenvalue weighted by molar-refractivity contribution is 5.26. The number of isocyanates is 3. The summed E-state index contributed by atoms with van der Waals surface area (Å²) in [5, 5.41) is 16.2. The molecule has 0 saturated heterocycles. The van der Waals surface area contributed by atoms with Gasteiger partial charge in [0, 0.05) is 0 Å². The maximum Gasteiger partial charge on any atom is 0.231 e. The Kier molecular flexibility index (Phi) is 54.2. The van der Waals surface area contributed by atoms with E-state index in [-0.39, 0.29) is 14.9 Å². The van der Waals surface area contributed by atoms with Gasteiger partial charge in [0.2, 0.25) is 18.2 Å². The molecular weight excluding hydrogens is 366 g/mol. The van der Waals surface area contributed by atoms with Crippen molar-refractivity contribution in [1.82, 2.24) is 0 Å². The zero-order valence-corrected chi connectivity index (χ0v) is 14.6. The van der Waals surface area contributed by atoms with Gasteiger partial charge in [-0.05, 0) is 0 Å². The second-order valence-electron chi connectivity index (χ2n) is 3.77. The van der Waals surface area contributed by atoms with Crippen molar-refractivity contribution in [2.45, 2.75) is 14.9 Å². The minimum Gasteiger partial charge on any atom is -0.222 e. The summed E-state index contributed by atoms with van der Waals surface area (Å²) in [6.07, 6.45) is 2.25. The molecule has 0 bridgehead atoms. The summed E-state index contributed by atoms with van der Waals surface area (Å²) in [6.45, 7) is 0. The van der Waals surface area contributed by atoms with Gasteiger partial charge in [0.15, 0.2) is 0 Å². The van der Waals surface area contributed by atoms with E-state index < -0.39 is 0 Å². The van der Waals surface area contributed by atoms with E-state index in [1.165, 1.54) is 0 Å². The van der Waals surface area contributed by atoms with Crippen LogP contribution < -0.4 is 0 Å². The van der Waals surface area contributed by atoms with Gasteiger partial charge in [0.25, 0.3) is 0 Å². The number of hydrogen-bond acceptors (Lipinski definition) is 6. The van der Waals surface area contributed by atoms with Crippen LogP contribution in [0.4, 0.5) is 0 Å². The van der Waals surface area contributed by atoms with Gasteiger partial charge < -0.3 is 0 Å². The zero-order chi connectivity index (χ0) is 20.8. The monoisotopic (exact) mass is 395 g/mol. The summed E-state index contributed by atoms with van der Waals surface area (Å²) in [7, 11) is 0. The predicted octanol–water partition coefficient (Wildman–Crippen LogP) is 6.03. The number of nitrogens with one attached hydrogen (secondary N) is 3. The lowest BCUT2D eigenvalue weighted by molar-refractivity contribution is 0.562. The maximum absolute atomic E-state index is 8.35. The summed E-state index contributed by atoms with van der Waals surface area (Å²) >= 11 is 0. The second-order valence-corrected chi connectivity index (χ2v) is 3.77. The Balaban J connectivity index is -0.0000000811. The molecule has 154 valence electrons. The molecule has 3 N–H and O–H groups in total. The number of hydrogen-bond donors (Lipinski definition) is 3. The Labute approximate surface area is 173 Å². The van der Waals surface area contributed by atoms with Crippen LogP contribution in [0.3, 0.4) is 0 Å². The fourth-order valence-electron chi connectivity index (χ4n) is 1.15. The van der Waals surface area contributed by atoms with E-state index in [4.69, 9.17) is 30.6 Å². The molecular formula is C23H29N3O3. The largest absolute Gasteiger partial charge is 0.231 e. The Morgan fingerprint density at radius 2 is 0.345 bits per heavy atom. The quantitative estimate of drug-likeness (QED) is 0.318. The maximum atomic E-state index is 8.35. The van der Waals surface area contributed by atoms with Crippen LogP contribution in [0, 0.1) is 16.2 Å². The van der Waals surface area contributed by atoms with Gasteiger partial charge >= 0.3 is 0 Å². The molecule has 0 heterocycles. The van der Waals surface area contributed by atoms with Crippen LogP contribution in [0.5, 0.6) is 0 Å². The standard InChI is InChI=1S/3C6H6.3CHNO.2CH4/c3*1-2-4-6-5-3-1;3*2-1-3;;/h3*1-6H;3*2H;2*1H4. The molecule has 3 aromatic rings. The first-order chi connectivity index (χ1) is 13.2. The molecule has 0 amide bonds. The molecule has 0 unspecified atom stereocenters. The van der Waals surface area contributed by atoms with E-state index >= 15 is 0 Å². The van der Waals surface area contributed by atoms with E-state index in [1.807, 2.05) is 109 Å². The summed E-state index contributed by atoms with van der Waals surface area (Å²) in [5.41, 5.74) is 0. The Morgan fingerprint density at radius 3 is 0.379 bits per heavy atom. The molecule has 3 aromatic carbocycles. The highest BCUT2D eigenvalue weighted by Gasteiger charge is 1.59. The molecule has 6 nitrogen and oxygen atoms in total. The van der Waals surface area contributed by atoms with Gasteiger partial charge in [-0.3, -0.25) is 0 Å². The topological polar surface area (TPSA) is 123 Å². The molecule has 3 rings (SSSR count). The average Bonchev–Trinajstić information content (AvgIpc) is 2.75. The third-order valence-corrected chi connectivity index (χ3v) is 2.00. The van der Waals surface area contributed by atoms with Crippen molar-refractivity contribution in [3.63, 3.8) is 0 Å². The smallest absolute Gasteiger partial charge is 0.222 e. The molecule has 0 atom stereocenters. The first kappa shape index (κ1) is 35.8. The fraction of sp³-hybridized carbons (Fsp3) is 0.0870. The highest BCUT2D eigenvalue weighted by Crippen LogP contribution is 1.81. The van der Waals surface area contributed by atoms with E-state index in [2.05, 4.69) is 0 Å². The molecule has 0 aliphatic carbocycles. The van der Waals surface area contributed by atoms with Crippen LogP contribution in [0.1, 0.15) is 14.9 Å². The Bertz CT molecular complexity index is 521. The van der Waals surface area contributed by atoms with Gasteiger partial charge in [0.05, 0.1) is 0 Å². The van der Waals surface area contributed by atoms with E-state index in [0.717, 1.165) is 18.2 Å². The normalized spacial score (nSPS) is 5.79. The molecule has 0 aromatic heterocycles. The molecule has 0 aliphatic heterocycles. The van der Waals surface area contributed by atoms with Crippen LogP contribution in [0.15, 0.2) is 109 Å². The van der Waals surface area contributed by atoms with Gasteiger partial charge in [-0.25, -0.2) is 30.6 Å². The van der Waals surface area contributed by atoms with E-state index in [0.29, 0.717) is 0 Å². The fourth-order valence-corrected chi connectivity index (χ4v) is 1.15. The van der Waals surface area contributed by atoms with Crippen molar-refractivity contribution in [1.29, 1.82) is 16.2 Å². The molecule has 0 saturated carbocycles. The molecule has 0 fully saturated rings. The van der Waals surface area contributed by atoms with Gasteiger partial charge in [-0.1, -0.05) is 124 Å². The molecule has 0 spiro atoms. The van der Waals surface area contributed by atoms with Gasteiger partial charge in [-0.2, -0.15) is 0 Å². The number of carbonyl (C=O) groups excluding carboxylic acids is 3. The van der Waals surface area contributed by atoms with Crippen LogP contribution >= 0.6 is 0 Å². The van der Waals surface area contributed by atoms with E-state index in [1.54, 1.807) is 0 Å². The lowest BCUT2D eigenvalue weighted by atomic mass is 10.4. The number of benzene rings is 3. The average molecular weight is 396 g/mol. The van der Waals surface area contributed by atoms with Crippen molar-refractivity contribution < 1.29 is 14.4 Å². The SMILES string of the molecule is C.C.N=C=O.N=C=O.N=C=O.c1ccccc1.c1ccccc1.c1ccccc1. The van der Waals surface area contributed by atoms with Crippen LogP contribution in [0.25, 0.3) is 0 Å². The highest BCUT2D eigenvalue weighted by atomic mass is 16.1. The molecule has 6 heteroatoms. The van der Waals surface area contributed by atoms with Crippen molar-refractivity contribution in [2.75, 3.05) is 0 Å². The van der Waals surface area contributed by atoms with Gasteiger partial charge in [-0.15, -0.1) is 0 Å². The zero-order valence-electron chi connectivity index (χ0n) is 14.6. The predicted molar refractivity (Wildman–Crippen MR) is 118 cm³/mol. The number of rotatable bonds is 0. The summed E-state index contributed by atoms with van der Waals surface area (Å²) < 4.78 is 0. The third kappa shape index (κ3) is 59.4. The Morgan fingerprint density at radius 1 is 0.310 bits per heavy atom. The van der Waals surface area contributed by atoms with Crippen LogP contribution in [-0.4, -0.2) is 18.2 Å². The first-order valence-electron chi connectivity index (χ1n) is 7.36. The molecule has 0 radical (unpaired) electrons. The summed E-state index contributed by atoms with van der Waals surface area (Å²) in [5.74, 6) is 0. The van der Waals surface area contributed by atoms with Crippen molar-refractivity contribution in [3.8, 4) is 0 Å². The van der Waals surface area contributed by atoms with Crippen molar-refractivity contribution in [3.05, 3.63) is 109 Å². The Hall–Kier alpha value is -4.20. The lowest BCUT2D eigenvalue weighted by Crippen LogP contribution is -1.47. The van der Waals surface area contributed by atoms with E-state index in [9.17, 15) is 0 Å². The minimum absolute atomic E-state index is 0. The lowest BCUT2D eigenvalue weighted by Gasteiger charge is -1.69. The van der Waals surface area contributed by atoms with Crippen LogP contribution in [0.2, 0.25) is 0 Å². The van der Waals surface area contributed by atoms with Gasteiger partial charge in [0.1, 0.15) is 0 Å². The first-order valence-corrected chi connectivity index (χ1v) is 7.36. The molecule has 29 heavy (non-hydrogen) atoms. The summed E-state index contributed by atoms with van der Waals surface area (Å²) in [4.78, 5) is 25.0. The third-order valence-electron chi connectivity index (χ3n) is 2.00. The molecule has 0 aliphatic rings. The minimum atomic E-state index is 0. The second kappa shape index (κ2) is 43.8. The summed E-state index contributed by atoms with van der Waals surface area (Å²) in [6, 6.07) is 36.0. The van der Waals surface area contributed by atoms with Crippen molar-refractivity contribution in [2.24, 2.45) is 0 Å².